The average Bonchev–Trinajstić information content (AvgIpc) is 2.25. The minimum absolute atomic E-state index is 0.0167. The highest BCUT2D eigenvalue weighted by atomic mass is 79.9. The largest absolute Gasteiger partial charge is 0.375 e. The average molecular weight is 302 g/mol. The molecule has 0 saturated heterocycles. The van der Waals surface area contributed by atoms with E-state index < -0.39 is 4.92 Å². The van der Waals surface area contributed by atoms with Crippen LogP contribution in [0.15, 0.2) is 22.7 Å². The lowest BCUT2D eigenvalue weighted by Crippen LogP contribution is -2.33. The van der Waals surface area contributed by atoms with Gasteiger partial charge in [0.2, 0.25) is 0 Å². The van der Waals surface area contributed by atoms with Crippen molar-refractivity contribution >= 4 is 27.3 Å². The molecule has 1 unspecified atom stereocenters. The number of hydrogen-bond donors (Lipinski definition) is 2. The number of benzene rings is 1. The number of nitro benzene ring substituents is 1. The van der Waals surface area contributed by atoms with Crippen LogP contribution in [0.5, 0.6) is 0 Å². The fourth-order valence-electron chi connectivity index (χ4n) is 1.48. The van der Waals surface area contributed by atoms with Crippen molar-refractivity contribution in [2.24, 2.45) is 11.7 Å². The van der Waals surface area contributed by atoms with Crippen molar-refractivity contribution in [3.8, 4) is 0 Å². The Morgan fingerprint density at radius 1 is 1.53 bits per heavy atom. The van der Waals surface area contributed by atoms with Crippen molar-refractivity contribution in [1.29, 1.82) is 0 Å². The third-order valence-electron chi connectivity index (χ3n) is 2.55. The summed E-state index contributed by atoms with van der Waals surface area (Å²) < 4.78 is 0.796. The Balaban J connectivity index is 3.03. The second-order valence-electron chi connectivity index (χ2n) is 4.15. The summed E-state index contributed by atoms with van der Waals surface area (Å²) in [5.74, 6) is 0.304. The maximum absolute atomic E-state index is 10.9. The summed E-state index contributed by atoms with van der Waals surface area (Å²) >= 11 is 3.30. The summed E-state index contributed by atoms with van der Waals surface area (Å²) in [5, 5.41) is 14.0. The highest BCUT2D eigenvalue weighted by Crippen LogP contribution is 2.29. The van der Waals surface area contributed by atoms with Gasteiger partial charge in [0, 0.05) is 23.1 Å². The van der Waals surface area contributed by atoms with Gasteiger partial charge in [-0.05, 0) is 18.1 Å². The minimum Gasteiger partial charge on any atom is -0.375 e. The molecule has 0 aliphatic heterocycles. The van der Waals surface area contributed by atoms with Gasteiger partial charge in [-0.3, -0.25) is 10.1 Å². The summed E-state index contributed by atoms with van der Waals surface area (Å²) in [5.41, 5.74) is 6.20. The van der Waals surface area contributed by atoms with Crippen LogP contribution in [0, 0.1) is 16.0 Å². The molecule has 0 heterocycles. The van der Waals surface area contributed by atoms with Crippen molar-refractivity contribution in [3.05, 3.63) is 32.8 Å². The molecule has 0 bridgehead atoms. The lowest BCUT2D eigenvalue weighted by atomic mass is 10.0. The van der Waals surface area contributed by atoms with E-state index in [1.807, 2.05) is 13.8 Å². The monoisotopic (exact) mass is 301 g/mol. The van der Waals surface area contributed by atoms with Crippen LogP contribution in [-0.4, -0.2) is 17.5 Å². The maximum Gasteiger partial charge on any atom is 0.292 e. The van der Waals surface area contributed by atoms with Gasteiger partial charge in [-0.25, -0.2) is 0 Å². The smallest absolute Gasteiger partial charge is 0.292 e. The predicted molar refractivity (Wildman–Crippen MR) is 72.1 cm³/mol. The van der Waals surface area contributed by atoms with Crippen LogP contribution in [-0.2, 0) is 0 Å². The third kappa shape index (κ3) is 3.67. The highest BCUT2D eigenvalue weighted by molar-refractivity contribution is 9.10. The van der Waals surface area contributed by atoms with E-state index in [9.17, 15) is 10.1 Å². The molecule has 1 aromatic carbocycles. The summed E-state index contributed by atoms with van der Waals surface area (Å²) in [6.45, 7) is 4.48. The van der Waals surface area contributed by atoms with E-state index in [1.54, 1.807) is 12.1 Å². The molecule has 1 rings (SSSR count). The van der Waals surface area contributed by atoms with Gasteiger partial charge >= 0.3 is 0 Å². The van der Waals surface area contributed by atoms with Crippen molar-refractivity contribution in [2.45, 2.75) is 19.9 Å². The van der Waals surface area contributed by atoms with Crippen LogP contribution in [0.2, 0.25) is 0 Å². The Bertz CT molecular complexity index is 410. The van der Waals surface area contributed by atoms with Crippen molar-refractivity contribution in [3.63, 3.8) is 0 Å². The fourth-order valence-corrected chi connectivity index (χ4v) is 1.84. The molecule has 0 radical (unpaired) electrons. The van der Waals surface area contributed by atoms with Crippen LogP contribution in [0.25, 0.3) is 0 Å². The van der Waals surface area contributed by atoms with Gasteiger partial charge in [0.05, 0.1) is 4.92 Å². The second kappa shape index (κ2) is 5.97. The molecule has 0 aliphatic rings. The number of anilines is 1. The topological polar surface area (TPSA) is 81.2 Å². The Hall–Kier alpha value is -1.14. The SMILES string of the molecule is CC(C)C(CN)Nc1cc(Br)ccc1[N+](=O)[O-]. The van der Waals surface area contributed by atoms with Crippen molar-refractivity contribution in [1.82, 2.24) is 0 Å². The summed E-state index contributed by atoms with van der Waals surface area (Å²) in [7, 11) is 0. The fraction of sp³-hybridized carbons (Fsp3) is 0.455. The molecule has 6 heteroatoms. The van der Waals surface area contributed by atoms with Crippen molar-refractivity contribution in [2.75, 3.05) is 11.9 Å². The molecular formula is C11H16BrN3O2. The lowest BCUT2D eigenvalue weighted by Gasteiger charge is -2.21. The molecular weight excluding hydrogens is 286 g/mol. The van der Waals surface area contributed by atoms with Gasteiger partial charge in [-0.15, -0.1) is 0 Å². The van der Waals surface area contributed by atoms with Gasteiger partial charge in [-0.2, -0.15) is 0 Å². The van der Waals surface area contributed by atoms with Gasteiger partial charge in [0.1, 0.15) is 5.69 Å². The molecule has 1 atom stereocenters. The van der Waals surface area contributed by atoms with E-state index >= 15 is 0 Å². The van der Waals surface area contributed by atoms with E-state index in [1.165, 1.54) is 6.07 Å². The molecule has 3 N–H and O–H groups in total. The van der Waals surface area contributed by atoms with Crippen LogP contribution in [0.1, 0.15) is 13.8 Å². The molecule has 94 valence electrons. The normalized spacial score (nSPS) is 12.5. The number of nitrogens with one attached hydrogen (secondary N) is 1. The minimum atomic E-state index is -0.400. The summed E-state index contributed by atoms with van der Waals surface area (Å²) in [6, 6.07) is 4.84. The highest BCUT2D eigenvalue weighted by Gasteiger charge is 2.18. The number of hydrogen-bond acceptors (Lipinski definition) is 4. The molecule has 0 saturated carbocycles. The Kier molecular flexibility index (Phi) is 4.89. The number of nitrogens with zero attached hydrogens (tertiary/aromatic N) is 1. The van der Waals surface area contributed by atoms with E-state index in [-0.39, 0.29) is 11.7 Å². The summed E-state index contributed by atoms with van der Waals surface area (Å²) in [4.78, 5) is 10.5. The number of nitrogens with two attached hydrogens (primary N) is 1. The van der Waals surface area contributed by atoms with E-state index in [0.29, 0.717) is 18.2 Å². The predicted octanol–water partition coefficient (Wildman–Crippen LogP) is 2.75. The zero-order chi connectivity index (χ0) is 13.0. The first-order valence-corrected chi connectivity index (χ1v) is 6.15. The Labute approximate surface area is 109 Å². The Morgan fingerprint density at radius 2 is 2.18 bits per heavy atom. The van der Waals surface area contributed by atoms with Gasteiger partial charge < -0.3 is 11.1 Å². The first kappa shape index (κ1) is 13.9. The van der Waals surface area contributed by atoms with Crippen LogP contribution in [0.4, 0.5) is 11.4 Å². The quantitative estimate of drug-likeness (QED) is 0.647. The second-order valence-corrected chi connectivity index (χ2v) is 5.06. The Morgan fingerprint density at radius 3 is 2.65 bits per heavy atom. The van der Waals surface area contributed by atoms with Crippen molar-refractivity contribution < 1.29 is 4.92 Å². The van der Waals surface area contributed by atoms with Crippen LogP contribution in [0.3, 0.4) is 0 Å². The maximum atomic E-state index is 10.9. The van der Waals surface area contributed by atoms with E-state index in [0.717, 1.165) is 4.47 Å². The molecule has 0 fully saturated rings. The van der Waals surface area contributed by atoms with Crippen LogP contribution < -0.4 is 11.1 Å². The standard InChI is InChI=1S/C11H16BrN3O2/c1-7(2)10(6-13)14-9-5-8(12)3-4-11(9)15(16)17/h3-5,7,10,14H,6,13H2,1-2H3. The van der Waals surface area contributed by atoms with E-state index in [2.05, 4.69) is 21.2 Å². The molecule has 0 aliphatic carbocycles. The third-order valence-corrected chi connectivity index (χ3v) is 3.05. The van der Waals surface area contributed by atoms with Crippen LogP contribution >= 0.6 is 15.9 Å². The zero-order valence-electron chi connectivity index (χ0n) is 9.81. The molecule has 0 amide bonds. The number of nitro groups is 1. The van der Waals surface area contributed by atoms with Gasteiger partial charge in [0.15, 0.2) is 0 Å². The first-order valence-electron chi connectivity index (χ1n) is 5.36. The summed E-state index contributed by atoms with van der Waals surface area (Å²) in [6.07, 6.45) is 0. The molecule has 0 aromatic heterocycles. The number of rotatable bonds is 5. The van der Waals surface area contributed by atoms with Gasteiger partial charge in [0.25, 0.3) is 5.69 Å². The first-order chi connectivity index (χ1) is 7.95. The number of halogens is 1. The van der Waals surface area contributed by atoms with Gasteiger partial charge in [-0.1, -0.05) is 29.8 Å². The molecule has 0 spiro atoms. The lowest BCUT2D eigenvalue weighted by molar-refractivity contribution is -0.384. The van der Waals surface area contributed by atoms with E-state index in [4.69, 9.17) is 5.73 Å². The molecule has 17 heavy (non-hydrogen) atoms. The molecule has 5 nitrogen and oxygen atoms in total. The zero-order valence-corrected chi connectivity index (χ0v) is 11.4. The molecule has 1 aromatic rings.